The second-order valence-corrected chi connectivity index (χ2v) is 8.78. The van der Waals surface area contributed by atoms with Crippen LogP contribution in [0.25, 0.3) is 10.8 Å². The van der Waals surface area contributed by atoms with Gasteiger partial charge in [0.1, 0.15) is 5.75 Å². The number of ether oxygens (including phenoxy) is 1. The van der Waals surface area contributed by atoms with Crippen LogP contribution >= 0.6 is 15.9 Å². The quantitative estimate of drug-likeness (QED) is 0.524. The number of anilines is 1. The standard InChI is InChI=1S/C25H25BrN2O3/c1-17-11-13-28(14-12-17)25(30)19-6-4-7-20(15-19)27-23(29)16-31-22-10-9-18-5-2-3-8-21(18)24(22)26/h2-10,15,17H,11-14,16H2,1H3,(H,27,29). The normalized spacial score (nSPS) is 14.5. The Labute approximate surface area is 190 Å². The zero-order valence-corrected chi connectivity index (χ0v) is 19.0. The van der Waals surface area contributed by atoms with E-state index in [4.69, 9.17) is 4.74 Å². The highest BCUT2D eigenvalue weighted by atomic mass is 79.9. The zero-order chi connectivity index (χ0) is 21.8. The Kier molecular flexibility index (Phi) is 6.56. The largest absolute Gasteiger partial charge is 0.483 e. The van der Waals surface area contributed by atoms with E-state index in [2.05, 4.69) is 28.2 Å². The van der Waals surface area contributed by atoms with E-state index in [1.54, 1.807) is 24.3 Å². The molecular weight excluding hydrogens is 456 g/mol. The number of nitrogens with zero attached hydrogens (tertiary/aromatic N) is 1. The summed E-state index contributed by atoms with van der Waals surface area (Å²) in [4.78, 5) is 27.1. The molecule has 1 aliphatic rings. The first-order chi connectivity index (χ1) is 15.0. The third-order valence-corrected chi connectivity index (χ3v) is 6.47. The highest BCUT2D eigenvalue weighted by Gasteiger charge is 2.21. The van der Waals surface area contributed by atoms with Crippen LogP contribution in [0.3, 0.4) is 0 Å². The topological polar surface area (TPSA) is 58.6 Å². The van der Waals surface area contributed by atoms with E-state index in [0.717, 1.165) is 41.2 Å². The van der Waals surface area contributed by atoms with E-state index < -0.39 is 0 Å². The molecule has 5 nitrogen and oxygen atoms in total. The summed E-state index contributed by atoms with van der Waals surface area (Å²) in [7, 11) is 0. The first-order valence-electron chi connectivity index (χ1n) is 10.5. The molecule has 0 spiro atoms. The lowest BCUT2D eigenvalue weighted by Gasteiger charge is -2.30. The van der Waals surface area contributed by atoms with Gasteiger partial charge in [-0.05, 0) is 69.7 Å². The van der Waals surface area contributed by atoms with E-state index in [1.807, 2.05) is 41.3 Å². The van der Waals surface area contributed by atoms with Gasteiger partial charge >= 0.3 is 0 Å². The Morgan fingerprint density at radius 3 is 2.65 bits per heavy atom. The number of halogens is 1. The number of piperidine rings is 1. The van der Waals surface area contributed by atoms with Crippen LogP contribution in [0, 0.1) is 5.92 Å². The SMILES string of the molecule is CC1CCN(C(=O)c2cccc(NC(=O)COc3ccc4ccccc4c3Br)c2)CC1. The van der Waals surface area contributed by atoms with E-state index >= 15 is 0 Å². The number of rotatable bonds is 5. The van der Waals surface area contributed by atoms with Crippen molar-refractivity contribution in [3.63, 3.8) is 0 Å². The highest BCUT2D eigenvalue weighted by Crippen LogP contribution is 2.33. The molecule has 31 heavy (non-hydrogen) atoms. The summed E-state index contributed by atoms with van der Waals surface area (Å²) in [5.41, 5.74) is 1.17. The molecule has 6 heteroatoms. The number of hydrogen-bond acceptors (Lipinski definition) is 3. The summed E-state index contributed by atoms with van der Waals surface area (Å²) in [6, 6.07) is 18.9. The molecule has 1 aliphatic heterocycles. The summed E-state index contributed by atoms with van der Waals surface area (Å²) in [6.07, 6.45) is 2.06. The number of amides is 2. The summed E-state index contributed by atoms with van der Waals surface area (Å²) in [5, 5.41) is 4.94. The van der Waals surface area contributed by atoms with Crippen molar-refractivity contribution >= 4 is 44.2 Å². The van der Waals surface area contributed by atoms with E-state index in [-0.39, 0.29) is 18.4 Å². The average molecular weight is 481 g/mol. The van der Waals surface area contributed by atoms with Crippen LogP contribution in [0.5, 0.6) is 5.75 Å². The number of fused-ring (bicyclic) bond motifs is 1. The summed E-state index contributed by atoms with van der Waals surface area (Å²) in [5.74, 6) is 1.00. The van der Waals surface area contributed by atoms with Gasteiger partial charge in [0, 0.05) is 24.3 Å². The minimum absolute atomic E-state index is 0.0133. The van der Waals surface area contributed by atoms with Gasteiger partial charge in [0.15, 0.2) is 6.61 Å². The lowest BCUT2D eigenvalue weighted by Crippen LogP contribution is -2.37. The molecule has 2 amide bonds. The molecular formula is C25H25BrN2O3. The average Bonchev–Trinajstić information content (AvgIpc) is 2.79. The molecule has 4 rings (SSSR count). The van der Waals surface area contributed by atoms with E-state index in [1.165, 1.54) is 0 Å². The number of likely N-dealkylation sites (tertiary alicyclic amines) is 1. The van der Waals surface area contributed by atoms with Gasteiger partial charge < -0.3 is 15.0 Å². The first kappa shape index (κ1) is 21.4. The predicted molar refractivity (Wildman–Crippen MR) is 127 cm³/mol. The monoisotopic (exact) mass is 480 g/mol. The molecule has 160 valence electrons. The first-order valence-corrected chi connectivity index (χ1v) is 11.3. The molecule has 0 aromatic heterocycles. The molecule has 3 aromatic carbocycles. The fourth-order valence-electron chi connectivity index (χ4n) is 3.79. The number of carbonyl (C=O) groups is 2. The maximum Gasteiger partial charge on any atom is 0.262 e. The van der Waals surface area contributed by atoms with Crippen molar-refractivity contribution in [2.75, 3.05) is 25.0 Å². The maximum absolute atomic E-state index is 12.8. The summed E-state index contributed by atoms with van der Waals surface area (Å²) >= 11 is 3.57. The molecule has 1 heterocycles. The van der Waals surface area contributed by atoms with Crippen molar-refractivity contribution in [2.45, 2.75) is 19.8 Å². The minimum atomic E-state index is -0.281. The van der Waals surface area contributed by atoms with Crippen LogP contribution in [-0.4, -0.2) is 36.4 Å². The third-order valence-electron chi connectivity index (χ3n) is 5.65. The smallest absolute Gasteiger partial charge is 0.262 e. The molecule has 0 radical (unpaired) electrons. The molecule has 1 fully saturated rings. The minimum Gasteiger partial charge on any atom is -0.483 e. The molecule has 0 saturated carbocycles. The molecule has 3 aromatic rings. The fraction of sp³-hybridized carbons (Fsp3) is 0.280. The van der Waals surface area contributed by atoms with Crippen molar-refractivity contribution in [1.82, 2.24) is 4.90 Å². The summed E-state index contributed by atoms with van der Waals surface area (Å²) in [6.45, 7) is 3.66. The van der Waals surface area contributed by atoms with E-state index in [0.29, 0.717) is 22.9 Å². The Balaban J connectivity index is 1.37. The number of hydrogen-bond donors (Lipinski definition) is 1. The van der Waals surface area contributed by atoms with Crippen molar-refractivity contribution < 1.29 is 14.3 Å². The molecule has 1 N–H and O–H groups in total. The zero-order valence-electron chi connectivity index (χ0n) is 17.4. The van der Waals surface area contributed by atoms with E-state index in [9.17, 15) is 9.59 Å². The molecule has 0 aliphatic carbocycles. The van der Waals surface area contributed by atoms with Gasteiger partial charge in [0.25, 0.3) is 11.8 Å². The fourth-order valence-corrected chi connectivity index (χ4v) is 4.40. The van der Waals surface area contributed by atoms with Crippen molar-refractivity contribution in [1.29, 1.82) is 0 Å². The Morgan fingerprint density at radius 1 is 1.06 bits per heavy atom. The Morgan fingerprint density at radius 2 is 1.84 bits per heavy atom. The van der Waals surface area contributed by atoms with Gasteiger partial charge in [-0.15, -0.1) is 0 Å². The van der Waals surface area contributed by atoms with Gasteiger partial charge in [-0.3, -0.25) is 9.59 Å². The van der Waals surface area contributed by atoms with Crippen molar-refractivity contribution in [3.8, 4) is 5.75 Å². The van der Waals surface area contributed by atoms with Crippen LogP contribution in [0.2, 0.25) is 0 Å². The van der Waals surface area contributed by atoms with Crippen LogP contribution in [0.15, 0.2) is 65.1 Å². The van der Waals surface area contributed by atoms with Gasteiger partial charge in [0.2, 0.25) is 0 Å². The van der Waals surface area contributed by atoms with Crippen LogP contribution in [0.4, 0.5) is 5.69 Å². The Hall–Kier alpha value is -2.86. The van der Waals surface area contributed by atoms with Gasteiger partial charge in [-0.25, -0.2) is 0 Å². The lowest BCUT2D eigenvalue weighted by molar-refractivity contribution is -0.118. The third kappa shape index (κ3) is 5.07. The van der Waals surface area contributed by atoms with Crippen molar-refractivity contribution in [3.05, 3.63) is 70.7 Å². The number of nitrogens with one attached hydrogen (secondary N) is 1. The molecule has 1 saturated heterocycles. The van der Waals surface area contributed by atoms with Gasteiger partial charge in [-0.1, -0.05) is 43.3 Å². The van der Waals surface area contributed by atoms with Crippen LogP contribution in [-0.2, 0) is 4.79 Å². The lowest BCUT2D eigenvalue weighted by atomic mass is 9.98. The number of carbonyl (C=O) groups excluding carboxylic acids is 2. The van der Waals surface area contributed by atoms with Crippen LogP contribution in [0.1, 0.15) is 30.1 Å². The Bertz CT molecular complexity index is 1110. The second-order valence-electron chi connectivity index (χ2n) is 7.99. The molecule has 0 atom stereocenters. The summed E-state index contributed by atoms with van der Waals surface area (Å²) < 4.78 is 6.55. The highest BCUT2D eigenvalue weighted by molar-refractivity contribution is 9.10. The molecule has 0 unspecified atom stereocenters. The van der Waals surface area contributed by atoms with Crippen LogP contribution < -0.4 is 10.1 Å². The second kappa shape index (κ2) is 9.52. The van der Waals surface area contributed by atoms with Gasteiger partial charge in [0.05, 0.1) is 4.47 Å². The van der Waals surface area contributed by atoms with Gasteiger partial charge in [-0.2, -0.15) is 0 Å². The molecule has 0 bridgehead atoms. The predicted octanol–water partition coefficient (Wildman–Crippen LogP) is 5.49. The van der Waals surface area contributed by atoms with Crippen molar-refractivity contribution in [2.24, 2.45) is 5.92 Å². The number of benzene rings is 3. The maximum atomic E-state index is 12.8.